The maximum absolute atomic E-state index is 13.9. The predicted octanol–water partition coefficient (Wildman–Crippen LogP) is 3.85. The first-order chi connectivity index (χ1) is 19.9. The first-order valence-electron chi connectivity index (χ1n) is 13.1. The minimum Gasteiger partial charge on any atom is -0.493 e. The quantitative estimate of drug-likeness (QED) is 0.254. The Balaban J connectivity index is 1.78. The SMILES string of the molecule is COc1ccc(CCN(C)CCCN(c2ccc(OC)c(OC)c2)S(=O)(=O)c2ccc(NS(C)(=O)=O)cc2)cc1OC. The van der Waals surface area contributed by atoms with Gasteiger partial charge in [0.1, 0.15) is 0 Å². The second-order valence-electron chi connectivity index (χ2n) is 9.61. The molecule has 42 heavy (non-hydrogen) atoms. The molecule has 11 nitrogen and oxygen atoms in total. The second kappa shape index (κ2) is 14.5. The average molecular weight is 622 g/mol. The second-order valence-corrected chi connectivity index (χ2v) is 13.2. The van der Waals surface area contributed by atoms with E-state index in [2.05, 4.69) is 9.62 Å². The highest BCUT2D eigenvalue weighted by Crippen LogP contribution is 2.34. The molecule has 0 aromatic heterocycles. The van der Waals surface area contributed by atoms with Crippen LogP contribution in [0.5, 0.6) is 23.0 Å². The number of benzene rings is 3. The van der Waals surface area contributed by atoms with Gasteiger partial charge in [0.2, 0.25) is 10.0 Å². The van der Waals surface area contributed by atoms with Gasteiger partial charge in [0.15, 0.2) is 23.0 Å². The van der Waals surface area contributed by atoms with Crippen molar-refractivity contribution in [3.05, 3.63) is 66.2 Å². The molecule has 0 atom stereocenters. The molecule has 0 saturated heterocycles. The molecule has 0 unspecified atom stereocenters. The Morgan fingerprint density at radius 1 is 0.690 bits per heavy atom. The van der Waals surface area contributed by atoms with Gasteiger partial charge in [-0.25, -0.2) is 16.8 Å². The Bertz CT molecular complexity index is 1550. The summed E-state index contributed by atoms with van der Waals surface area (Å²) >= 11 is 0. The molecule has 230 valence electrons. The first kappa shape index (κ1) is 32.8. The van der Waals surface area contributed by atoms with E-state index in [1.807, 2.05) is 25.2 Å². The van der Waals surface area contributed by atoms with E-state index in [9.17, 15) is 16.8 Å². The number of anilines is 2. The maximum Gasteiger partial charge on any atom is 0.264 e. The van der Waals surface area contributed by atoms with E-state index in [0.29, 0.717) is 41.7 Å². The number of sulfonamides is 2. The molecule has 0 spiro atoms. The molecule has 0 bridgehead atoms. The van der Waals surface area contributed by atoms with Gasteiger partial charge in [0.05, 0.1) is 45.3 Å². The number of hydrogen-bond donors (Lipinski definition) is 1. The van der Waals surface area contributed by atoms with E-state index in [-0.39, 0.29) is 17.1 Å². The number of likely N-dealkylation sites (N-methyl/N-ethyl adjacent to an activating group) is 1. The smallest absolute Gasteiger partial charge is 0.264 e. The van der Waals surface area contributed by atoms with Gasteiger partial charge in [-0.3, -0.25) is 9.03 Å². The molecule has 3 rings (SSSR count). The van der Waals surface area contributed by atoms with E-state index in [4.69, 9.17) is 18.9 Å². The van der Waals surface area contributed by atoms with Gasteiger partial charge < -0.3 is 23.8 Å². The number of hydrogen-bond acceptors (Lipinski definition) is 9. The minimum absolute atomic E-state index is 0.0261. The lowest BCUT2D eigenvalue weighted by Crippen LogP contribution is -2.34. The molecular formula is C29H39N3O8S2. The maximum atomic E-state index is 13.9. The van der Waals surface area contributed by atoms with Crippen LogP contribution in [0.3, 0.4) is 0 Å². The first-order valence-corrected chi connectivity index (χ1v) is 16.5. The fourth-order valence-electron chi connectivity index (χ4n) is 4.36. The predicted molar refractivity (Wildman–Crippen MR) is 164 cm³/mol. The van der Waals surface area contributed by atoms with Crippen molar-refractivity contribution in [2.45, 2.75) is 17.7 Å². The van der Waals surface area contributed by atoms with Crippen LogP contribution in [0.2, 0.25) is 0 Å². The fraction of sp³-hybridized carbons (Fsp3) is 0.379. The number of nitrogens with one attached hydrogen (secondary N) is 1. The van der Waals surface area contributed by atoms with Gasteiger partial charge in [-0.2, -0.15) is 0 Å². The highest BCUT2D eigenvalue weighted by atomic mass is 32.2. The molecule has 1 N–H and O–H groups in total. The lowest BCUT2D eigenvalue weighted by molar-refractivity contribution is 0.334. The third-order valence-corrected chi connectivity index (χ3v) is 8.98. The van der Waals surface area contributed by atoms with Crippen molar-refractivity contribution in [1.82, 2.24) is 4.90 Å². The molecule has 0 aliphatic heterocycles. The molecule has 3 aromatic carbocycles. The summed E-state index contributed by atoms with van der Waals surface area (Å²) in [4.78, 5) is 2.17. The van der Waals surface area contributed by atoms with Crippen molar-refractivity contribution in [2.75, 3.05) is 70.4 Å². The zero-order chi connectivity index (χ0) is 30.9. The van der Waals surface area contributed by atoms with Crippen LogP contribution in [0.4, 0.5) is 11.4 Å². The summed E-state index contributed by atoms with van der Waals surface area (Å²) < 4.78 is 76.0. The van der Waals surface area contributed by atoms with Gasteiger partial charge in [-0.15, -0.1) is 0 Å². The van der Waals surface area contributed by atoms with E-state index in [0.717, 1.165) is 24.8 Å². The summed E-state index contributed by atoms with van der Waals surface area (Å²) in [5.41, 5.74) is 1.78. The third kappa shape index (κ3) is 8.66. The van der Waals surface area contributed by atoms with E-state index in [1.54, 1.807) is 32.4 Å². The van der Waals surface area contributed by atoms with Crippen molar-refractivity contribution in [2.24, 2.45) is 0 Å². The molecule has 0 saturated carbocycles. The lowest BCUT2D eigenvalue weighted by atomic mass is 10.1. The Labute approximate surface area is 249 Å². The fourth-order valence-corrected chi connectivity index (χ4v) is 6.42. The summed E-state index contributed by atoms with van der Waals surface area (Å²) in [6, 6.07) is 16.4. The van der Waals surface area contributed by atoms with Crippen molar-refractivity contribution in [3.8, 4) is 23.0 Å². The van der Waals surface area contributed by atoms with Gasteiger partial charge in [0.25, 0.3) is 10.0 Å². The van der Waals surface area contributed by atoms with Crippen LogP contribution in [0.15, 0.2) is 65.6 Å². The Hall–Kier alpha value is -3.68. The molecule has 0 amide bonds. The van der Waals surface area contributed by atoms with E-state index in [1.165, 1.54) is 42.8 Å². The Morgan fingerprint density at radius 3 is 1.83 bits per heavy atom. The number of methoxy groups -OCH3 is 4. The monoisotopic (exact) mass is 621 g/mol. The Kier molecular flexibility index (Phi) is 11.3. The number of ether oxygens (including phenoxy) is 4. The standard InChI is InChI=1S/C29H39N3O8S2/c1-31(19-16-22-8-14-26(37-2)28(20-22)39-4)17-7-18-32(24-11-15-27(38-3)29(21-24)40-5)42(35,36)25-12-9-23(10-13-25)30-41(6,33)34/h8-15,20-21,30H,7,16-19H2,1-6H3. The summed E-state index contributed by atoms with van der Waals surface area (Å²) in [5, 5.41) is 0. The van der Waals surface area contributed by atoms with Crippen LogP contribution in [-0.4, -0.2) is 83.1 Å². The molecule has 13 heteroatoms. The van der Waals surface area contributed by atoms with Crippen molar-refractivity contribution >= 4 is 31.4 Å². The number of rotatable bonds is 16. The summed E-state index contributed by atoms with van der Waals surface area (Å²) in [6.45, 7) is 1.60. The molecule has 0 fully saturated rings. The molecule has 0 heterocycles. The molecule has 0 radical (unpaired) electrons. The zero-order valence-corrected chi connectivity index (χ0v) is 26.4. The van der Waals surface area contributed by atoms with Crippen molar-refractivity contribution in [1.29, 1.82) is 0 Å². The van der Waals surface area contributed by atoms with Crippen LogP contribution < -0.4 is 28.0 Å². The zero-order valence-electron chi connectivity index (χ0n) is 24.8. The highest BCUT2D eigenvalue weighted by molar-refractivity contribution is 7.93. The van der Waals surface area contributed by atoms with E-state index < -0.39 is 20.0 Å². The minimum atomic E-state index is -4.01. The van der Waals surface area contributed by atoms with Crippen LogP contribution in [0, 0.1) is 0 Å². The van der Waals surface area contributed by atoms with Crippen LogP contribution >= 0.6 is 0 Å². The van der Waals surface area contributed by atoms with Crippen molar-refractivity contribution in [3.63, 3.8) is 0 Å². The van der Waals surface area contributed by atoms with Gasteiger partial charge >= 0.3 is 0 Å². The topological polar surface area (TPSA) is 124 Å². The largest absolute Gasteiger partial charge is 0.493 e. The summed E-state index contributed by atoms with van der Waals surface area (Å²) in [5.74, 6) is 2.22. The van der Waals surface area contributed by atoms with Gasteiger partial charge in [-0.05, 0) is 80.5 Å². The Morgan fingerprint density at radius 2 is 1.26 bits per heavy atom. The number of nitrogens with zero attached hydrogens (tertiary/aromatic N) is 2. The van der Waals surface area contributed by atoms with Gasteiger partial charge in [0, 0.05) is 24.8 Å². The van der Waals surface area contributed by atoms with Crippen LogP contribution in [0.1, 0.15) is 12.0 Å². The van der Waals surface area contributed by atoms with Crippen LogP contribution in [-0.2, 0) is 26.5 Å². The molecule has 0 aliphatic carbocycles. The van der Waals surface area contributed by atoms with Crippen molar-refractivity contribution < 1.29 is 35.8 Å². The molecule has 3 aromatic rings. The van der Waals surface area contributed by atoms with Crippen LogP contribution in [0.25, 0.3) is 0 Å². The summed E-state index contributed by atoms with van der Waals surface area (Å²) in [6.07, 6.45) is 2.35. The van der Waals surface area contributed by atoms with Gasteiger partial charge in [-0.1, -0.05) is 6.07 Å². The normalized spacial score (nSPS) is 11.7. The average Bonchev–Trinajstić information content (AvgIpc) is 2.97. The third-order valence-electron chi connectivity index (χ3n) is 6.53. The molecule has 0 aliphatic rings. The highest BCUT2D eigenvalue weighted by Gasteiger charge is 2.26. The van der Waals surface area contributed by atoms with E-state index >= 15 is 0 Å². The summed E-state index contributed by atoms with van der Waals surface area (Å²) in [7, 11) is 0.678. The lowest BCUT2D eigenvalue weighted by Gasteiger charge is -2.26. The molecular weight excluding hydrogens is 582 g/mol.